The zero-order valence-corrected chi connectivity index (χ0v) is 14.1. The van der Waals surface area contributed by atoms with E-state index in [1.807, 2.05) is 16.9 Å². The minimum absolute atomic E-state index is 0. The molecule has 0 radical (unpaired) electrons. The predicted molar refractivity (Wildman–Crippen MR) is 89.1 cm³/mol. The first-order chi connectivity index (χ1) is 10.2. The highest BCUT2D eigenvalue weighted by Crippen LogP contribution is 2.29. The maximum atomic E-state index is 13.0. The summed E-state index contributed by atoms with van der Waals surface area (Å²) in [4.78, 5) is 13.0. The number of amides is 1. The van der Waals surface area contributed by atoms with Crippen LogP contribution >= 0.6 is 12.4 Å². The summed E-state index contributed by atoms with van der Waals surface area (Å²) in [7, 11) is 0. The molecule has 1 aliphatic heterocycles. The average molecular weight is 327 g/mol. The highest BCUT2D eigenvalue weighted by atomic mass is 35.5. The van der Waals surface area contributed by atoms with E-state index in [1.165, 1.54) is 19.3 Å². The van der Waals surface area contributed by atoms with Gasteiger partial charge in [-0.25, -0.2) is 0 Å². The SMILES string of the molecule is CC1CCCCC1NC(=O)C1(n2cccn2)CCNCC1.Cl. The van der Waals surface area contributed by atoms with Crippen LogP contribution in [0.2, 0.25) is 0 Å². The van der Waals surface area contributed by atoms with Crippen molar-refractivity contribution in [2.75, 3.05) is 13.1 Å². The van der Waals surface area contributed by atoms with Crippen LogP contribution < -0.4 is 10.6 Å². The van der Waals surface area contributed by atoms with Crippen LogP contribution in [-0.4, -0.2) is 34.8 Å². The Bertz CT molecular complexity index is 471. The maximum absolute atomic E-state index is 13.0. The Labute approximate surface area is 138 Å². The minimum Gasteiger partial charge on any atom is -0.351 e. The summed E-state index contributed by atoms with van der Waals surface area (Å²) in [5.41, 5.74) is -0.508. The van der Waals surface area contributed by atoms with Crippen LogP contribution in [-0.2, 0) is 10.3 Å². The van der Waals surface area contributed by atoms with Crippen molar-refractivity contribution in [3.63, 3.8) is 0 Å². The smallest absolute Gasteiger partial charge is 0.248 e. The predicted octanol–water partition coefficient (Wildman–Crippen LogP) is 2.08. The Morgan fingerprint density at radius 3 is 2.68 bits per heavy atom. The molecule has 1 aromatic rings. The van der Waals surface area contributed by atoms with E-state index in [4.69, 9.17) is 0 Å². The first-order valence-corrected chi connectivity index (χ1v) is 8.24. The fourth-order valence-corrected chi connectivity index (χ4v) is 3.76. The summed E-state index contributed by atoms with van der Waals surface area (Å²) in [5.74, 6) is 0.741. The first kappa shape index (κ1) is 17.3. The molecule has 2 aliphatic rings. The molecule has 5 nitrogen and oxygen atoms in total. The van der Waals surface area contributed by atoms with Gasteiger partial charge >= 0.3 is 0 Å². The van der Waals surface area contributed by atoms with E-state index >= 15 is 0 Å². The summed E-state index contributed by atoms with van der Waals surface area (Å²) in [6.07, 6.45) is 10.2. The van der Waals surface area contributed by atoms with Crippen LogP contribution in [0.1, 0.15) is 45.4 Å². The number of piperidine rings is 1. The molecule has 22 heavy (non-hydrogen) atoms. The molecule has 1 aliphatic carbocycles. The molecule has 2 fully saturated rings. The van der Waals surface area contributed by atoms with Crippen molar-refractivity contribution in [1.82, 2.24) is 20.4 Å². The molecule has 2 atom stereocenters. The fraction of sp³-hybridized carbons (Fsp3) is 0.750. The molecule has 2 N–H and O–H groups in total. The van der Waals surface area contributed by atoms with Crippen LogP contribution in [0.3, 0.4) is 0 Å². The van der Waals surface area contributed by atoms with Gasteiger partial charge in [0.25, 0.3) is 0 Å². The highest BCUT2D eigenvalue weighted by molar-refractivity contribution is 5.85. The summed E-state index contributed by atoms with van der Waals surface area (Å²) in [6, 6.07) is 2.23. The molecule has 1 saturated carbocycles. The fourth-order valence-electron chi connectivity index (χ4n) is 3.76. The quantitative estimate of drug-likeness (QED) is 0.894. The Morgan fingerprint density at radius 1 is 1.32 bits per heavy atom. The van der Waals surface area contributed by atoms with Gasteiger partial charge in [-0.2, -0.15) is 5.10 Å². The van der Waals surface area contributed by atoms with Crippen molar-refractivity contribution in [2.45, 2.75) is 57.0 Å². The van der Waals surface area contributed by atoms with E-state index in [9.17, 15) is 4.79 Å². The molecule has 3 rings (SSSR count). The first-order valence-electron chi connectivity index (χ1n) is 8.24. The van der Waals surface area contributed by atoms with Gasteiger partial charge in [0.1, 0.15) is 5.54 Å². The number of hydrogen-bond donors (Lipinski definition) is 2. The van der Waals surface area contributed by atoms with E-state index in [1.54, 1.807) is 6.20 Å². The van der Waals surface area contributed by atoms with Crippen LogP contribution in [0.5, 0.6) is 0 Å². The van der Waals surface area contributed by atoms with Gasteiger partial charge in [0, 0.05) is 18.4 Å². The topological polar surface area (TPSA) is 59.0 Å². The van der Waals surface area contributed by atoms with Crippen LogP contribution in [0.15, 0.2) is 18.5 Å². The standard InChI is InChI=1S/C16H26N4O.ClH/c1-13-5-2-3-6-14(13)19-15(21)16(7-10-17-11-8-16)20-12-4-9-18-20;/h4,9,12-14,17H,2-3,5-8,10-11H2,1H3,(H,19,21);1H. The Kier molecular flexibility index (Phi) is 5.87. The molecule has 1 aromatic heterocycles. The van der Waals surface area contributed by atoms with Crippen LogP contribution in [0.4, 0.5) is 0 Å². The van der Waals surface area contributed by atoms with E-state index in [0.29, 0.717) is 12.0 Å². The van der Waals surface area contributed by atoms with Gasteiger partial charge in [0.2, 0.25) is 5.91 Å². The number of nitrogens with one attached hydrogen (secondary N) is 2. The number of nitrogens with zero attached hydrogens (tertiary/aromatic N) is 2. The van der Waals surface area contributed by atoms with Crippen molar-refractivity contribution >= 4 is 18.3 Å². The second-order valence-corrected chi connectivity index (χ2v) is 6.57. The van der Waals surface area contributed by atoms with Gasteiger partial charge in [-0.05, 0) is 50.8 Å². The zero-order valence-electron chi connectivity index (χ0n) is 13.3. The van der Waals surface area contributed by atoms with Gasteiger partial charge in [0.15, 0.2) is 0 Å². The third kappa shape index (κ3) is 3.30. The number of carbonyl (C=O) groups excluding carboxylic acids is 1. The average Bonchev–Trinajstić information content (AvgIpc) is 3.05. The largest absolute Gasteiger partial charge is 0.351 e. The van der Waals surface area contributed by atoms with Crippen molar-refractivity contribution in [2.24, 2.45) is 5.92 Å². The van der Waals surface area contributed by atoms with Gasteiger partial charge in [-0.1, -0.05) is 19.8 Å². The number of hydrogen-bond acceptors (Lipinski definition) is 3. The maximum Gasteiger partial charge on any atom is 0.248 e. The number of rotatable bonds is 3. The van der Waals surface area contributed by atoms with Crippen molar-refractivity contribution in [3.05, 3.63) is 18.5 Å². The lowest BCUT2D eigenvalue weighted by atomic mass is 9.83. The van der Waals surface area contributed by atoms with Crippen LogP contribution in [0.25, 0.3) is 0 Å². The number of halogens is 1. The Balaban J connectivity index is 0.00000176. The van der Waals surface area contributed by atoms with Gasteiger partial charge in [-0.3, -0.25) is 9.48 Å². The number of carbonyl (C=O) groups is 1. The Hall–Kier alpha value is -1.07. The molecule has 0 bridgehead atoms. The Morgan fingerprint density at radius 2 is 2.05 bits per heavy atom. The van der Waals surface area contributed by atoms with Gasteiger partial charge in [0.05, 0.1) is 0 Å². The minimum atomic E-state index is -0.508. The second kappa shape index (κ2) is 7.47. The molecule has 6 heteroatoms. The zero-order chi connectivity index (χ0) is 14.7. The lowest BCUT2D eigenvalue weighted by Crippen LogP contribution is -2.57. The molecule has 2 unspecified atom stereocenters. The molecule has 0 aromatic carbocycles. The third-order valence-corrected chi connectivity index (χ3v) is 5.22. The van der Waals surface area contributed by atoms with Gasteiger partial charge < -0.3 is 10.6 Å². The van der Waals surface area contributed by atoms with Crippen molar-refractivity contribution < 1.29 is 4.79 Å². The third-order valence-electron chi connectivity index (χ3n) is 5.22. The molecule has 1 saturated heterocycles. The number of aromatic nitrogens is 2. The molecular weight excluding hydrogens is 300 g/mol. The normalized spacial score (nSPS) is 27.7. The molecule has 0 spiro atoms. The van der Waals surface area contributed by atoms with E-state index in [-0.39, 0.29) is 18.3 Å². The monoisotopic (exact) mass is 326 g/mol. The summed E-state index contributed by atoms with van der Waals surface area (Å²) in [5, 5.41) is 11.1. The molecule has 2 heterocycles. The summed E-state index contributed by atoms with van der Waals surface area (Å²) >= 11 is 0. The van der Waals surface area contributed by atoms with Crippen molar-refractivity contribution in [1.29, 1.82) is 0 Å². The molecule has 1 amide bonds. The highest BCUT2D eigenvalue weighted by Gasteiger charge is 2.43. The van der Waals surface area contributed by atoms with E-state index in [0.717, 1.165) is 32.4 Å². The lowest BCUT2D eigenvalue weighted by molar-refractivity contribution is -0.133. The summed E-state index contributed by atoms with van der Waals surface area (Å²) in [6.45, 7) is 3.99. The van der Waals surface area contributed by atoms with Gasteiger partial charge in [-0.15, -0.1) is 12.4 Å². The second-order valence-electron chi connectivity index (χ2n) is 6.57. The lowest BCUT2D eigenvalue weighted by Gasteiger charge is -2.39. The molecule has 124 valence electrons. The summed E-state index contributed by atoms with van der Waals surface area (Å²) < 4.78 is 1.87. The van der Waals surface area contributed by atoms with Crippen molar-refractivity contribution in [3.8, 4) is 0 Å². The van der Waals surface area contributed by atoms with E-state index in [2.05, 4.69) is 22.7 Å². The van der Waals surface area contributed by atoms with E-state index < -0.39 is 5.54 Å². The van der Waals surface area contributed by atoms with Crippen LogP contribution in [0, 0.1) is 5.92 Å². The molecular formula is C16H27ClN4O.